The lowest BCUT2D eigenvalue weighted by Gasteiger charge is -2.45. The maximum absolute atomic E-state index is 12.7. The number of fused-ring (bicyclic) bond motifs is 1. The van der Waals surface area contributed by atoms with Crippen LogP contribution in [-0.4, -0.2) is 126 Å². The number of phenolic OH excluding ortho intramolecular Hbond substituents is 3. The normalized spacial score (nSPS) is 33.0. The second-order valence-corrected chi connectivity index (χ2v) is 10.1. The fourth-order valence-electron chi connectivity index (χ4n) is 4.92. The number of aromatic hydroxyl groups is 3. The van der Waals surface area contributed by atoms with Gasteiger partial charge in [-0.25, -0.2) is 0 Å². The summed E-state index contributed by atoms with van der Waals surface area (Å²) in [4.78, 5) is 12.7. The van der Waals surface area contributed by atoms with E-state index in [-0.39, 0.29) is 28.0 Å². The molecule has 0 saturated carbocycles. The van der Waals surface area contributed by atoms with Crippen LogP contribution in [0.5, 0.6) is 23.0 Å². The second-order valence-electron chi connectivity index (χ2n) is 10.1. The molecule has 16 nitrogen and oxygen atoms in total. The number of benzene rings is 2. The van der Waals surface area contributed by atoms with E-state index in [1.807, 2.05) is 0 Å². The molecule has 2 saturated heterocycles. The van der Waals surface area contributed by atoms with Gasteiger partial charge in [0.25, 0.3) is 0 Å². The third-order valence-corrected chi connectivity index (χ3v) is 7.26. The van der Waals surface area contributed by atoms with Crippen molar-refractivity contribution in [1.82, 2.24) is 0 Å². The second kappa shape index (κ2) is 12.2. The summed E-state index contributed by atoms with van der Waals surface area (Å²) in [7, 11) is 0. The minimum absolute atomic E-state index is 0.0257. The highest BCUT2D eigenvalue weighted by Crippen LogP contribution is 2.36. The molecule has 43 heavy (non-hydrogen) atoms. The maximum atomic E-state index is 12.7. The molecule has 234 valence electrons. The fraction of sp³-hybridized carbons (Fsp3) is 0.444. The first kappa shape index (κ1) is 30.9. The van der Waals surface area contributed by atoms with Crippen LogP contribution >= 0.6 is 0 Å². The molecule has 0 aliphatic carbocycles. The summed E-state index contributed by atoms with van der Waals surface area (Å²) in [6, 6.07) is 7.01. The Kier molecular flexibility index (Phi) is 8.77. The molecule has 2 fully saturated rings. The molecule has 0 spiro atoms. The van der Waals surface area contributed by atoms with Crippen LogP contribution < -0.4 is 10.2 Å². The molecule has 0 bridgehead atoms. The molecule has 3 aromatic rings. The Morgan fingerprint density at radius 3 is 2.05 bits per heavy atom. The van der Waals surface area contributed by atoms with Gasteiger partial charge in [-0.1, -0.05) is 0 Å². The van der Waals surface area contributed by atoms with Gasteiger partial charge in [0, 0.05) is 23.8 Å². The van der Waals surface area contributed by atoms with Gasteiger partial charge in [-0.3, -0.25) is 4.79 Å². The smallest absolute Gasteiger partial charge is 0.229 e. The van der Waals surface area contributed by atoms with Crippen LogP contribution in [-0.2, 0) is 14.2 Å². The SMILES string of the molecule is O=c1cc(-c2ccc(O)c(O)c2)oc2cc(OC3OC(CO)C(OC4OC(CO)C(O)C(O)C4O)C(O)C3O)cc(O)c12. The Bertz CT molecular complexity index is 1500. The van der Waals surface area contributed by atoms with Gasteiger partial charge in [0.1, 0.15) is 77.1 Å². The zero-order valence-corrected chi connectivity index (χ0v) is 22.1. The van der Waals surface area contributed by atoms with Crippen molar-refractivity contribution in [3.8, 4) is 34.3 Å². The van der Waals surface area contributed by atoms with Crippen molar-refractivity contribution >= 4 is 11.0 Å². The Labute approximate surface area is 241 Å². The van der Waals surface area contributed by atoms with Crippen LogP contribution in [0.2, 0.25) is 0 Å². The van der Waals surface area contributed by atoms with Crippen molar-refractivity contribution in [2.45, 2.75) is 61.4 Å². The van der Waals surface area contributed by atoms with E-state index >= 15 is 0 Å². The number of ether oxygens (including phenoxy) is 4. The summed E-state index contributed by atoms with van der Waals surface area (Å²) >= 11 is 0. The first-order valence-electron chi connectivity index (χ1n) is 13.0. The Morgan fingerprint density at radius 1 is 0.698 bits per heavy atom. The molecular formula is C27H30O16. The first-order chi connectivity index (χ1) is 20.4. The van der Waals surface area contributed by atoms with Crippen molar-refractivity contribution in [2.75, 3.05) is 13.2 Å². The van der Waals surface area contributed by atoms with Gasteiger partial charge in [-0.2, -0.15) is 0 Å². The molecule has 0 radical (unpaired) electrons. The van der Waals surface area contributed by atoms with Crippen molar-refractivity contribution in [3.05, 3.63) is 46.6 Å². The third kappa shape index (κ3) is 5.85. The molecule has 1 aromatic heterocycles. The lowest BCUT2D eigenvalue weighted by molar-refractivity contribution is -0.352. The van der Waals surface area contributed by atoms with Gasteiger partial charge in [0.05, 0.1) is 13.2 Å². The van der Waals surface area contributed by atoms with E-state index in [2.05, 4.69) is 0 Å². The van der Waals surface area contributed by atoms with Gasteiger partial charge >= 0.3 is 0 Å². The predicted molar refractivity (Wildman–Crippen MR) is 140 cm³/mol. The zero-order chi connectivity index (χ0) is 31.2. The highest BCUT2D eigenvalue weighted by Gasteiger charge is 2.51. The molecule has 2 aromatic carbocycles. The number of hydrogen-bond acceptors (Lipinski definition) is 16. The van der Waals surface area contributed by atoms with Crippen LogP contribution in [0.3, 0.4) is 0 Å². The molecule has 10 N–H and O–H groups in total. The van der Waals surface area contributed by atoms with E-state index in [1.165, 1.54) is 18.2 Å². The molecule has 10 atom stereocenters. The van der Waals surface area contributed by atoms with Gasteiger partial charge in [-0.05, 0) is 18.2 Å². The molecule has 2 aliphatic heterocycles. The Hall–Kier alpha value is -3.55. The van der Waals surface area contributed by atoms with E-state index in [0.717, 1.165) is 18.2 Å². The molecular weight excluding hydrogens is 580 g/mol. The third-order valence-electron chi connectivity index (χ3n) is 7.26. The minimum atomic E-state index is -1.87. The van der Waals surface area contributed by atoms with E-state index < -0.39 is 97.3 Å². The molecule has 16 heteroatoms. The average molecular weight is 611 g/mol. The van der Waals surface area contributed by atoms with Crippen molar-refractivity contribution < 1.29 is 74.4 Å². The highest BCUT2D eigenvalue weighted by molar-refractivity contribution is 5.86. The monoisotopic (exact) mass is 610 g/mol. The van der Waals surface area contributed by atoms with Crippen LogP contribution in [0.25, 0.3) is 22.3 Å². The van der Waals surface area contributed by atoms with Crippen molar-refractivity contribution in [1.29, 1.82) is 0 Å². The van der Waals surface area contributed by atoms with Crippen LogP contribution in [0, 0.1) is 0 Å². The lowest BCUT2D eigenvalue weighted by Crippen LogP contribution is -2.65. The van der Waals surface area contributed by atoms with E-state index in [4.69, 9.17) is 23.4 Å². The molecule has 5 rings (SSSR count). The molecule has 2 aliphatic rings. The van der Waals surface area contributed by atoms with Gasteiger partial charge < -0.3 is 74.4 Å². The number of hydrogen-bond donors (Lipinski definition) is 10. The zero-order valence-electron chi connectivity index (χ0n) is 22.1. The van der Waals surface area contributed by atoms with E-state index in [9.17, 15) is 55.9 Å². The maximum Gasteiger partial charge on any atom is 0.229 e. The molecule has 10 unspecified atom stereocenters. The Morgan fingerprint density at radius 2 is 1.37 bits per heavy atom. The average Bonchev–Trinajstić information content (AvgIpc) is 2.97. The largest absolute Gasteiger partial charge is 0.507 e. The summed E-state index contributed by atoms with van der Waals surface area (Å²) in [6.07, 6.45) is -16.7. The topological polar surface area (TPSA) is 269 Å². The minimum Gasteiger partial charge on any atom is -0.507 e. The van der Waals surface area contributed by atoms with Gasteiger partial charge in [-0.15, -0.1) is 0 Å². The standard InChI is InChI=1S/C27H30O16/c28-7-17-20(34)21(35)23(37)27(41-17)43-25-18(8-29)42-26(24(38)22(25)36)39-10-4-13(32)19-14(33)6-15(40-16(19)5-10)9-1-2-11(30)12(31)3-9/h1-6,17-18,20-32,34-38H,7-8H2. The van der Waals surface area contributed by atoms with Crippen molar-refractivity contribution in [3.63, 3.8) is 0 Å². The Balaban J connectivity index is 1.38. The number of phenols is 3. The first-order valence-corrected chi connectivity index (χ1v) is 13.0. The summed E-state index contributed by atoms with van der Waals surface area (Å²) in [5, 5.41) is 101. The lowest BCUT2D eigenvalue weighted by atomic mass is 9.97. The van der Waals surface area contributed by atoms with Crippen LogP contribution in [0.1, 0.15) is 0 Å². The number of aliphatic hydroxyl groups is 7. The predicted octanol–water partition coefficient (Wildman–Crippen LogP) is -2.42. The fourth-order valence-corrected chi connectivity index (χ4v) is 4.92. The van der Waals surface area contributed by atoms with E-state index in [1.54, 1.807) is 0 Å². The quantitative estimate of drug-likeness (QED) is 0.125. The van der Waals surface area contributed by atoms with E-state index in [0.29, 0.717) is 0 Å². The summed E-state index contributed by atoms with van der Waals surface area (Å²) < 4.78 is 27.7. The van der Waals surface area contributed by atoms with Crippen molar-refractivity contribution in [2.24, 2.45) is 0 Å². The summed E-state index contributed by atoms with van der Waals surface area (Å²) in [5.74, 6) is -1.64. The van der Waals surface area contributed by atoms with Gasteiger partial charge in [0.15, 0.2) is 23.2 Å². The molecule has 0 amide bonds. The van der Waals surface area contributed by atoms with Crippen LogP contribution in [0.15, 0.2) is 45.6 Å². The highest BCUT2D eigenvalue weighted by atomic mass is 16.7. The summed E-state index contributed by atoms with van der Waals surface area (Å²) in [6.45, 7) is -1.54. The molecule has 3 heterocycles. The number of aliphatic hydroxyl groups excluding tert-OH is 7. The van der Waals surface area contributed by atoms with Crippen LogP contribution in [0.4, 0.5) is 0 Å². The summed E-state index contributed by atoms with van der Waals surface area (Å²) in [5.41, 5.74) is -0.588. The van der Waals surface area contributed by atoms with Gasteiger partial charge in [0.2, 0.25) is 6.29 Å². The number of rotatable bonds is 7.